The molecule has 0 spiro atoms. The summed E-state index contributed by atoms with van der Waals surface area (Å²) in [6.45, 7) is 0.943. The fourth-order valence-corrected chi connectivity index (χ4v) is 1.71. The first kappa shape index (κ1) is 18.6. The van der Waals surface area contributed by atoms with E-state index in [4.69, 9.17) is 4.74 Å². The molecule has 116 valence electrons. The van der Waals surface area contributed by atoms with Crippen molar-refractivity contribution in [3.05, 3.63) is 0 Å². The van der Waals surface area contributed by atoms with Crippen LogP contribution in [0.25, 0.3) is 0 Å². The van der Waals surface area contributed by atoms with Gasteiger partial charge in [0.05, 0.1) is 6.61 Å². The summed E-state index contributed by atoms with van der Waals surface area (Å²) >= 11 is 0. The highest BCUT2D eigenvalue weighted by Crippen LogP contribution is 2.22. The minimum absolute atomic E-state index is 0.0343. The first-order valence-corrected chi connectivity index (χ1v) is 6.85. The molecule has 0 aliphatic rings. The van der Waals surface area contributed by atoms with Gasteiger partial charge in [-0.2, -0.15) is 8.78 Å². The maximum absolute atomic E-state index is 12.6. The third kappa shape index (κ3) is 9.21. The van der Waals surface area contributed by atoms with Gasteiger partial charge in [0.15, 0.2) is 0 Å². The van der Waals surface area contributed by atoms with Crippen molar-refractivity contribution in [2.24, 2.45) is 0 Å². The molecular weight excluding hydrogens is 262 g/mol. The Morgan fingerprint density at radius 1 is 1.11 bits per heavy atom. The van der Waals surface area contributed by atoms with Gasteiger partial charge in [0, 0.05) is 6.04 Å². The lowest BCUT2D eigenvalue weighted by molar-refractivity contribution is -0.167. The number of likely N-dealkylation sites (N-methyl/N-ethyl adjacent to an activating group) is 1. The van der Waals surface area contributed by atoms with Gasteiger partial charge < -0.3 is 10.1 Å². The second-order valence-electron chi connectivity index (χ2n) is 4.77. The van der Waals surface area contributed by atoms with E-state index in [1.165, 1.54) is 12.8 Å². The number of ether oxygens (including phenoxy) is 1. The Morgan fingerprint density at radius 3 is 2.26 bits per heavy atom. The van der Waals surface area contributed by atoms with Crippen LogP contribution in [0.1, 0.15) is 45.4 Å². The van der Waals surface area contributed by atoms with E-state index in [0.717, 1.165) is 25.7 Å². The second kappa shape index (κ2) is 10.4. The number of unbranched alkanes of at least 4 members (excludes halogenated alkanes) is 4. The highest BCUT2D eigenvalue weighted by molar-refractivity contribution is 4.70. The van der Waals surface area contributed by atoms with Crippen molar-refractivity contribution in [2.75, 3.05) is 20.3 Å². The van der Waals surface area contributed by atoms with Crippen molar-refractivity contribution in [2.45, 2.75) is 63.8 Å². The smallest absolute Gasteiger partial charge is 0.330 e. The summed E-state index contributed by atoms with van der Waals surface area (Å²) in [5, 5.41) is 2.95. The quantitative estimate of drug-likeness (QED) is 0.435. The highest BCUT2D eigenvalue weighted by Gasteiger charge is 2.41. The van der Waals surface area contributed by atoms with Gasteiger partial charge in [-0.3, -0.25) is 0 Å². The van der Waals surface area contributed by atoms with Crippen LogP contribution in [-0.2, 0) is 4.74 Å². The molecule has 0 aliphatic carbocycles. The highest BCUT2D eigenvalue weighted by atomic mass is 19.3. The molecule has 0 amide bonds. The summed E-state index contributed by atoms with van der Waals surface area (Å²) in [6.07, 6.45) is 2.74. The molecule has 19 heavy (non-hydrogen) atoms. The average Bonchev–Trinajstić information content (AvgIpc) is 2.36. The van der Waals surface area contributed by atoms with Gasteiger partial charge in [-0.1, -0.05) is 39.0 Å². The Kier molecular flexibility index (Phi) is 10.2. The number of nitrogens with one attached hydrogen (secondary N) is 1. The molecule has 1 N–H and O–H groups in total. The van der Waals surface area contributed by atoms with Gasteiger partial charge in [-0.25, -0.2) is 8.78 Å². The van der Waals surface area contributed by atoms with Crippen molar-refractivity contribution in [1.82, 2.24) is 5.32 Å². The molecule has 6 heteroatoms. The summed E-state index contributed by atoms with van der Waals surface area (Å²) in [4.78, 5) is 0. The van der Waals surface area contributed by atoms with Crippen LogP contribution in [0.5, 0.6) is 0 Å². The van der Waals surface area contributed by atoms with Gasteiger partial charge in [0.1, 0.15) is 6.61 Å². The SMILES string of the molecule is CCCCCCCC(COCC(F)(F)C(F)F)NC. The maximum atomic E-state index is 12.6. The molecule has 0 bridgehead atoms. The van der Waals surface area contributed by atoms with Crippen molar-refractivity contribution in [1.29, 1.82) is 0 Å². The summed E-state index contributed by atoms with van der Waals surface area (Å²) in [6, 6.07) is -0.0601. The van der Waals surface area contributed by atoms with E-state index < -0.39 is 19.0 Å². The zero-order chi connectivity index (χ0) is 14.7. The Labute approximate surface area is 112 Å². The van der Waals surface area contributed by atoms with Crippen LogP contribution in [0.15, 0.2) is 0 Å². The van der Waals surface area contributed by atoms with Gasteiger partial charge in [-0.05, 0) is 13.5 Å². The summed E-state index contributed by atoms with van der Waals surface area (Å²) < 4.78 is 53.7. The standard InChI is InChI=1S/C13H25F4NO/c1-3-4-5-6-7-8-11(18-2)9-19-10-13(16,17)12(14)15/h11-12,18H,3-10H2,1-2H3. The zero-order valence-corrected chi connectivity index (χ0v) is 11.7. The normalized spacial score (nSPS) is 14.1. The van der Waals surface area contributed by atoms with E-state index in [2.05, 4.69) is 12.2 Å². The second-order valence-corrected chi connectivity index (χ2v) is 4.77. The third-order valence-electron chi connectivity index (χ3n) is 3.00. The van der Waals surface area contributed by atoms with Gasteiger partial charge >= 0.3 is 12.3 Å². The van der Waals surface area contributed by atoms with E-state index in [1.807, 2.05) is 0 Å². The lowest BCUT2D eigenvalue weighted by atomic mass is 10.1. The Balaban J connectivity index is 3.70. The van der Waals surface area contributed by atoms with Crippen molar-refractivity contribution >= 4 is 0 Å². The first-order valence-electron chi connectivity index (χ1n) is 6.85. The first-order chi connectivity index (χ1) is 8.94. The summed E-state index contributed by atoms with van der Waals surface area (Å²) in [5.41, 5.74) is 0. The van der Waals surface area contributed by atoms with E-state index in [1.54, 1.807) is 7.05 Å². The number of hydrogen-bond acceptors (Lipinski definition) is 2. The molecule has 0 heterocycles. The predicted molar refractivity (Wildman–Crippen MR) is 68.0 cm³/mol. The summed E-state index contributed by atoms with van der Waals surface area (Å²) in [7, 11) is 1.71. The molecule has 0 saturated heterocycles. The fourth-order valence-electron chi connectivity index (χ4n) is 1.71. The van der Waals surface area contributed by atoms with Crippen molar-refractivity contribution < 1.29 is 22.3 Å². The van der Waals surface area contributed by atoms with Gasteiger partial charge in [-0.15, -0.1) is 0 Å². The molecular formula is C13H25F4NO. The number of halogens is 4. The predicted octanol–water partition coefficient (Wildman–Crippen LogP) is 3.85. The lowest BCUT2D eigenvalue weighted by Crippen LogP contribution is -2.36. The van der Waals surface area contributed by atoms with Gasteiger partial charge in [0.2, 0.25) is 0 Å². The number of alkyl halides is 4. The molecule has 0 aromatic rings. The van der Waals surface area contributed by atoms with Gasteiger partial charge in [0.25, 0.3) is 0 Å². The Bertz CT molecular complexity index is 215. The molecule has 0 saturated carbocycles. The topological polar surface area (TPSA) is 21.3 Å². The number of rotatable bonds is 12. The van der Waals surface area contributed by atoms with E-state index in [0.29, 0.717) is 0 Å². The molecule has 0 aliphatic heterocycles. The minimum Gasteiger partial charge on any atom is -0.373 e. The lowest BCUT2D eigenvalue weighted by Gasteiger charge is -2.19. The van der Waals surface area contributed by atoms with Crippen LogP contribution in [0.4, 0.5) is 17.6 Å². The molecule has 1 unspecified atom stereocenters. The number of hydrogen-bond donors (Lipinski definition) is 1. The monoisotopic (exact) mass is 287 g/mol. The molecule has 0 fully saturated rings. The van der Waals surface area contributed by atoms with Crippen LogP contribution < -0.4 is 5.32 Å². The van der Waals surface area contributed by atoms with Crippen LogP contribution in [0.2, 0.25) is 0 Å². The van der Waals surface area contributed by atoms with E-state index >= 15 is 0 Å². The Hall–Kier alpha value is -0.360. The largest absolute Gasteiger partial charge is 0.373 e. The average molecular weight is 287 g/mol. The molecule has 0 rings (SSSR count). The molecule has 2 nitrogen and oxygen atoms in total. The van der Waals surface area contributed by atoms with Crippen LogP contribution >= 0.6 is 0 Å². The molecule has 1 atom stereocenters. The van der Waals surface area contributed by atoms with Crippen molar-refractivity contribution in [3.8, 4) is 0 Å². The van der Waals surface area contributed by atoms with Crippen LogP contribution in [0.3, 0.4) is 0 Å². The van der Waals surface area contributed by atoms with Crippen LogP contribution in [-0.4, -0.2) is 38.7 Å². The molecule has 0 aromatic carbocycles. The van der Waals surface area contributed by atoms with E-state index in [9.17, 15) is 17.6 Å². The fraction of sp³-hybridized carbons (Fsp3) is 1.00. The maximum Gasteiger partial charge on any atom is 0.330 e. The van der Waals surface area contributed by atoms with E-state index in [-0.39, 0.29) is 12.6 Å². The third-order valence-corrected chi connectivity index (χ3v) is 3.00. The van der Waals surface area contributed by atoms with Crippen molar-refractivity contribution in [3.63, 3.8) is 0 Å². The molecule has 0 aromatic heterocycles. The zero-order valence-electron chi connectivity index (χ0n) is 11.7. The Morgan fingerprint density at radius 2 is 1.74 bits per heavy atom. The minimum atomic E-state index is -4.06. The summed E-state index contributed by atoms with van der Waals surface area (Å²) in [5.74, 6) is -4.06. The van der Waals surface area contributed by atoms with Crippen LogP contribution in [0, 0.1) is 0 Å². The molecule has 0 radical (unpaired) electrons.